The Kier molecular flexibility index (Phi) is 8.48. The number of nitrogens with zero attached hydrogens (tertiary/aromatic N) is 5. The van der Waals surface area contributed by atoms with E-state index in [0.29, 0.717) is 23.2 Å². The van der Waals surface area contributed by atoms with Crippen LogP contribution in [0.2, 0.25) is 5.15 Å². The Hall–Kier alpha value is -3.11. The highest BCUT2D eigenvalue weighted by molar-refractivity contribution is 7.22. The minimum atomic E-state index is -0.127. The van der Waals surface area contributed by atoms with Gasteiger partial charge in [-0.3, -0.25) is 4.79 Å². The summed E-state index contributed by atoms with van der Waals surface area (Å²) < 4.78 is 1.04. The van der Waals surface area contributed by atoms with Crippen molar-refractivity contribution < 1.29 is 4.79 Å². The van der Waals surface area contributed by atoms with E-state index >= 15 is 0 Å². The Morgan fingerprint density at radius 1 is 1.08 bits per heavy atom. The third kappa shape index (κ3) is 6.66. The molecule has 0 radical (unpaired) electrons. The molecular formula is C28H32ClN7OS. The molecule has 2 N–H and O–H groups in total. The number of benzene rings is 1. The number of aromatic nitrogens is 3. The van der Waals surface area contributed by atoms with E-state index in [2.05, 4.69) is 43.5 Å². The van der Waals surface area contributed by atoms with Crippen LogP contribution in [0.4, 0.5) is 5.95 Å². The van der Waals surface area contributed by atoms with Gasteiger partial charge < -0.3 is 20.4 Å². The number of aryl methyl sites for hydroxylation is 1. The molecule has 1 amide bonds. The molecule has 1 fully saturated rings. The molecule has 5 rings (SSSR count). The number of fused-ring (bicyclic) bond motifs is 1. The normalized spacial score (nSPS) is 14.6. The highest BCUT2D eigenvalue weighted by Crippen LogP contribution is 2.35. The predicted octanol–water partition coefficient (Wildman–Crippen LogP) is 4.69. The SMILES string of the molecule is Cc1cnc(NCCCN2CCN(C)CC2)nc1-c1cc2ccc(C(=O)NCc3ccc(Cl)nc3)cc2s1. The molecular weight excluding hydrogens is 518 g/mol. The maximum Gasteiger partial charge on any atom is 0.251 e. The molecule has 10 heteroatoms. The predicted molar refractivity (Wildman–Crippen MR) is 155 cm³/mol. The summed E-state index contributed by atoms with van der Waals surface area (Å²) in [6, 6.07) is 11.5. The molecule has 1 aliphatic heterocycles. The topological polar surface area (TPSA) is 86.3 Å². The number of piperazine rings is 1. The second-order valence-electron chi connectivity index (χ2n) is 9.69. The van der Waals surface area contributed by atoms with Crippen LogP contribution in [0.25, 0.3) is 20.7 Å². The third-order valence-electron chi connectivity index (χ3n) is 6.76. The van der Waals surface area contributed by atoms with Crippen LogP contribution in [0.1, 0.15) is 27.9 Å². The van der Waals surface area contributed by atoms with E-state index in [1.165, 1.54) is 0 Å². The number of halogens is 1. The van der Waals surface area contributed by atoms with Crippen LogP contribution in [0.5, 0.6) is 0 Å². The molecule has 1 aliphatic rings. The smallest absolute Gasteiger partial charge is 0.251 e. The van der Waals surface area contributed by atoms with Gasteiger partial charge in [-0.1, -0.05) is 23.7 Å². The highest BCUT2D eigenvalue weighted by Gasteiger charge is 2.14. The Morgan fingerprint density at radius 2 is 1.92 bits per heavy atom. The first kappa shape index (κ1) is 26.5. The fraction of sp³-hybridized carbons (Fsp3) is 0.357. The largest absolute Gasteiger partial charge is 0.354 e. The molecule has 198 valence electrons. The maximum absolute atomic E-state index is 12.8. The summed E-state index contributed by atoms with van der Waals surface area (Å²) >= 11 is 7.47. The number of pyridine rings is 1. The molecule has 0 unspecified atom stereocenters. The summed E-state index contributed by atoms with van der Waals surface area (Å²) in [7, 11) is 2.18. The number of carbonyl (C=O) groups excluding carboxylic acids is 1. The van der Waals surface area contributed by atoms with Gasteiger partial charge >= 0.3 is 0 Å². The van der Waals surface area contributed by atoms with E-state index in [-0.39, 0.29) is 5.91 Å². The van der Waals surface area contributed by atoms with Crippen molar-refractivity contribution in [2.45, 2.75) is 19.9 Å². The van der Waals surface area contributed by atoms with Crippen molar-refractivity contribution in [1.29, 1.82) is 0 Å². The number of anilines is 1. The molecule has 1 aromatic carbocycles. The summed E-state index contributed by atoms with van der Waals surface area (Å²) in [6.45, 7) is 8.89. The first-order chi connectivity index (χ1) is 18.4. The van der Waals surface area contributed by atoms with Gasteiger partial charge in [-0.15, -0.1) is 11.3 Å². The lowest BCUT2D eigenvalue weighted by molar-refractivity contribution is 0.0951. The Labute approximate surface area is 232 Å². The molecule has 1 saturated heterocycles. The van der Waals surface area contributed by atoms with Crippen LogP contribution in [-0.4, -0.2) is 77.0 Å². The molecule has 38 heavy (non-hydrogen) atoms. The van der Waals surface area contributed by atoms with Crippen molar-refractivity contribution in [3.05, 3.63) is 70.6 Å². The first-order valence-corrected chi connectivity index (χ1v) is 14.0. The molecule has 3 aromatic heterocycles. The van der Waals surface area contributed by atoms with Crippen LogP contribution in [0, 0.1) is 6.92 Å². The molecule has 4 heterocycles. The van der Waals surface area contributed by atoms with Crippen molar-refractivity contribution in [2.75, 3.05) is 51.6 Å². The van der Waals surface area contributed by atoms with Crippen LogP contribution < -0.4 is 10.6 Å². The maximum atomic E-state index is 12.8. The molecule has 0 saturated carbocycles. The average Bonchev–Trinajstić information content (AvgIpc) is 3.36. The van der Waals surface area contributed by atoms with Gasteiger partial charge in [-0.25, -0.2) is 15.0 Å². The minimum Gasteiger partial charge on any atom is -0.354 e. The van der Waals surface area contributed by atoms with Gasteiger partial charge in [-0.2, -0.15) is 0 Å². The van der Waals surface area contributed by atoms with Gasteiger partial charge in [0.05, 0.1) is 10.6 Å². The molecule has 0 bridgehead atoms. The second kappa shape index (κ2) is 12.2. The zero-order chi connectivity index (χ0) is 26.5. The van der Waals surface area contributed by atoms with Crippen molar-refractivity contribution in [1.82, 2.24) is 30.1 Å². The van der Waals surface area contributed by atoms with E-state index in [9.17, 15) is 4.79 Å². The van der Waals surface area contributed by atoms with E-state index in [4.69, 9.17) is 16.6 Å². The summed E-state index contributed by atoms with van der Waals surface area (Å²) in [4.78, 5) is 32.1. The van der Waals surface area contributed by atoms with Gasteiger partial charge in [0, 0.05) is 61.9 Å². The zero-order valence-electron chi connectivity index (χ0n) is 21.7. The van der Waals surface area contributed by atoms with E-state index in [1.54, 1.807) is 23.6 Å². The summed E-state index contributed by atoms with van der Waals surface area (Å²) in [5.74, 6) is 0.524. The van der Waals surface area contributed by atoms with E-state index in [1.807, 2.05) is 37.4 Å². The fourth-order valence-corrected chi connectivity index (χ4v) is 5.70. The van der Waals surface area contributed by atoms with Crippen molar-refractivity contribution in [3.63, 3.8) is 0 Å². The van der Waals surface area contributed by atoms with Gasteiger partial charge in [0.25, 0.3) is 5.91 Å². The molecule has 8 nitrogen and oxygen atoms in total. The molecule has 0 spiro atoms. The number of thiophene rings is 1. The minimum absolute atomic E-state index is 0.127. The van der Waals surface area contributed by atoms with Crippen LogP contribution in [0.3, 0.4) is 0 Å². The lowest BCUT2D eigenvalue weighted by Crippen LogP contribution is -2.44. The zero-order valence-corrected chi connectivity index (χ0v) is 23.3. The van der Waals surface area contributed by atoms with Crippen LogP contribution >= 0.6 is 22.9 Å². The Morgan fingerprint density at radius 3 is 2.71 bits per heavy atom. The van der Waals surface area contributed by atoms with Gasteiger partial charge in [-0.05, 0) is 67.7 Å². The number of carbonyl (C=O) groups is 1. The standard InChI is InChI=1S/C28H32ClN7OS/c1-19-16-33-28(30-8-3-9-36-12-10-35(2)11-13-36)34-26(19)24-14-21-5-6-22(15-23(21)38-24)27(37)32-18-20-4-7-25(29)31-17-20/h4-7,14-17H,3,8-13,18H2,1-2H3,(H,32,37)(H,30,33,34). The Bertz CT molecular complexity index is 1400. The third-order valence-corrected chi connectivity index (χ3v) is 8.09. The first-order valence-electron chi connectivity index (χ1n) is 12.9. The monoisotopic (exact) mass is 549 g/mol. The molecule has 0 aliphatic carbocycles. The molecule has 4 aromatic rings. The number of nitrogens with one attached hydrogen (secondary N) is 2. The number of amides is 1. The van der Waals surface area contributed by atoms with Crippen LogP contribution in [-0.2, 0) is 6.54 Å². The van der Waals surface area contributed by atoms with Crippen LogP contribution in [0.15, 0.2) is 48.8 Å². The van der Waals surface area contributed by atoms with Gasteiger partial charge in [0.2, 0.25) is 5.95 Å². The number of hydrogen-bond acceptors (Lipinski definition) is 8. The second-order valence-corrected chi connectivity index (χ2v) is 11.2. The summed E-state index contributed by atoms with van der Waals surface area (Å²) in [5, 5.41) is 7.87. The summed E-state index contributed by atoms with van der Waals surface area (Å²) in [6.07, 6.45) is 4.59. The van der Waals surface area contributed by atoms with Gasteiger partial charge in [0.1, 0.15) is 5.15 Å². The van der Waals surface area contributed by atoms with Crippen molar-refractivity contribution in [3.8, 4) is 10.6 Å². The Balaban J connectivity index is 1.21. The quantitative estimate of drug-likeness (QED) is 0.231. The lowest BCUT2D eigenvalue weighted by atomic mass is 10.1. The average molecular weight is 550 g/mol. The highest BCUT2D eigenvalue weighted by atomic mass is 35.5. The molecule has 0 atom stereocenters. The fourth-order valence-electron chi connectivity index (χ4n) is 4.44. The van der Waals surface area contributed by atoms with Crippen molar-refractivity contribution >= 4 is 44.9 Å². The number of likely N-dealkylation sites (N-methyl/N-ethyl adjacent to an activating group) is 1. The lowest BCUT2D eigenvalue weighted by Gasteiger charge is -2.32. The van der Waals surface area contributed by atoms with E-state index in [0.717, 1.165) is 77.5 Å². The van der Waals surface area contributed by atoms with Crippen molar-refractivity contribution in [2.24, 2.45) is 0 Å². The summed E-state index contributed by atoms with van der Waals surface area (Å²) in [5.41, 5.74) is 3.46. The van der Waals surface area contributed by atoms with Gasteiger partial charge in [0.15, 0.2) is 0 Å². The number of rotatable bonds is 9. The number of hydrogen-bond donors (Lipinski definition) is 2. The van der Waals surface area contributed by atoms with E-state index < -0.39 is 0 Å².